The second-order valence-electron chi connectivity index (χ2n) is 9.14. The van der Waals surface area contributed by atoms with Crippen LogP contribution >= 0.6 is 0 Å². The molecule has 2 aromatic carbocycles. The highest BCUT2D eigenvalue weighted by Crippen LogP contribution is 2.32. The molecule has 1 heterocycles. The number of rotatable bonds is 4. The molecule has 0 aromatic heterocycles. The van der Waals surface area contributed by atoms with Crippen LogP contribution in [-0.2, 0) is 4.79 Å². The molecule has 1 N–H and O–H groups in total. The molecule has 0 fully saturated rings. The molecule has 3 atom stereocenters. The quantitative estimate of drug-likeness (QED) is 0.638. The maximum atomic E-state index is 13.6. The number of carbonyl (C=O) groups excluding carboxylic acids is 2. The van der Waals surface area contributed by atoms with E-state index in [-0.39, 0.29) is 29.9 Å². The molecule has 0 bridgehead atoms. The van der Waals surface area contributed by atoms with Crippen molar-refractivity contribution in [2.45, 2.75) is 51.8 Å². The highest BCUT2D eigenvalue weighted by Gasteiger charge is 2.33. The van der Waals surface area contributed by atoms with E-state index in [1.807, 2.05) is 51.1 Å². The first-order chi connectivity index (χ1) is 16.8. The van der Waals surface area contributed by atoms with Crippen molar-refractivity contribution >= 4 is 11.8 Å². The SMILES string of the molecule is COc1ccc([C@@H]2C/C=C/C[C@H](C)Oc3ccccc3C(=O)N(C)[C@@H](C(C)C)C(=O)N2)c(OC)c1. The van der Waals surface area contributed by atoms with Gasteiger partial charge in [0.25, 0.3) is 5.91 Å². The normalized spacial score (nSPS) is 22.5. The Morgan fingerprint density at radius 2 is 1.74 bits per heavy atom. The molecule has 1 aliphatic rings. The zero-order valence-corrected chi connectivity index (χ0v) is 21.4. The highest BCUT2D eigenvalue weighted by atomic mass is 16.5. The molecule has 0 radical (unpaired) electrons. The molecule has 1 aliphatic heterocycles. The third-order valence-electron chi connectivity index (χ3n) is 6.22. The largest absolute Gasteiger partial charge is 0.497 e. The summed E-state index contributed by atoms with van der Waals surface area (Å²) in [5.74, 6) is 1.22. The first-order valence-electron chi connectivity index (χ1n) is 12.0. The number of ether oxygens (including phenoxy) is 3. The van der Waals surface area contributed by atoms with E-state index in [9.17, 15) is 9.59 Å². The Morgan fingerprint density at radius 3 is 2.43 bits per heavy atom. The smallest absolute Gasteiger partial charge is 0.258 e. The maximum Gasteiger partial charge on any atom is 0.258 e. The van der Waals surface area contributed by atoms with Crippen LogP contribution in [0.1, 0.15) is 55.6 Å². The lowest BCUT2D eigenvalue weighted by Crippen LogP contribution is -2.51. The van der Waals surface area contributed by atoms with E-state index in [0.29, 0.717) is 35.7 Å². The van der Waals surface area contributed by atoms with E-state index >= 15 is 0 Å². The van der Waals surface area contributed by atoms with Gasteiger partial charge in [-0.25, -0.2) is 0 Å². The molecule has 2 amide bonds. The van der Waals surface area contributed by atoms with Gasteiger partial charge in [-0.2, -0.15) is 0 Å². The van der Waals surface area contributed by atoms with Crippen molar-refractivity contribution in [2.24, 2.45) is 5.92 Å². The number of hydrogen-bond acceptors (Lipinski definition) is 5. The monoisotopic (exact) mass is 480 g/mol. The number of hydrogen-bond donors (Lipinski definition) is 1. The van der Waals surface area contributed by atoms with Gasteiger partial charge in [0, 0.05) is 25.1 Å². The van der Waals surface area contributed by atoms with Crippen molar-refractivity contribution in [3.8, 4) is 17.2 Å². The number of carbonyl (C=O) groups is 2. The number of para-hydroxylation sites is 1. The molecule has 188 valence electrons. The number of fused-ring (bicyclic) bond motifs is 1. The lowest BCUT2D eigenvalue weighted by molar-refractivity contribution is -0.127. The van der Waals surface area contributed by atoms with E-state index in [1.54, 1.807) is 45.5 Å². The summed E-state index contributed by atoms with van der Waals surface area (Å²) in [7, 11) is 4.86. The summed E-state index contributed by atoms with van der Waals surface area (Å²) >= 11 is 0. The molecule has 0 saturated carbocycles. The van der Waals surface area contributed by atoms with E-state index in [2.05, 4.69) is 5.32 Å². The van der Waals surface area contributed by atoms with Crippen LogP contribution in [-0.4, -0.2) is 50.1 Å². The average Bonchev–Trinajstić information content (AvgIpc) is 2.84. The molecule has 0 unspecified atom stereocenters. The van der Waals surface area contributed by atoms with Crippen LogP contribution in [0.5, 0.6) is 17.2 Å². The fourth-order valence-electron chi connectivity index (χ4n) is 4.40. The zero-order chi connectivity index (χ0) is 25.5. The van der Waals surface area contributed by atoms with Gasteiger partial charge in [-0.15, -0.1) is 0 Å². The van der Waals surface area contributed by atoms with Gasteiger partial charge < -0.3 is 24.4 Å². The van der Waals surface area contributed by atoms with Crippen LogP contribution in [0.2, 0.25) is 0 Å². The lowest BCUT2D eigenvalue weighted by Gasteiger charge is -2.32. The Morgan fingerprint density at radius 1 is 1.03 bits per heavy atom. The predicted octanol–water partition coefficient (Wildman–Crippen LogP) is 4.78. The van der Waals surface area contributed by atoms with Gasteiger partial charge in [-0.1, -0.05) is 38.1 Å². The minimum atomic E-state index is -0.674. The van der Waals surface area contributed by atoms with Gasteiger partial charge >= 0.3 is 0 Å². The number of nitrogens with one attached hydrogen (secondary N) is 1. The third kappa shape index (κ3) is 6.15. The molecular formula is C28H36N2O5. The van der Waals surface area contributed by atoms with Gasteiger partial charge in [0.1, 0.15) is 23.3 Å². The van der Waals surface area contributed by atoms with Crippen molar-refractivity contribution in [3.63, 3.8) is 0 Å². The molecular weight excluding hydrogens is 444 g/mol. The number of nitrogens with zero attached hydrogens (tertiary/aromatic N) is 1. The molecule has 0 aliphatic carbocycles. The molecule has 0 spiro atoms. The van der Waals surface area contributed by atoms with Crippen molar-refractivity contribution in [3.05, 3.63) is 65.7 Å². The Balaban J connectivity index is 2.04. The molecule has 35 heavy (non-hydrogen) atoms. The van der Waals surface area contributed by atoms with E-state index in [0.717, 1.165) is 5.56 Å². The average molecular weight is 481 g/mol. The molecule has 7 heteroatoms. The summed E-state index contributed by atoms with van der Waals surface area (Å²) in [6.07, 6.45) is 5.18. The van der Waals surface area contributed by atoms with Crippen LogP contribution in [0.15, 0.2) is 54.6 Å². The summed E-state index contributed by atoms with van der Waals surface area (Å²) in [5, 5.41) is 3.18. The number of methoxy groups -OCH3 is 2. The van der Waals surface area contributed by atoms with E-state index < -0.39 is 6.04 Å². The van der Waals surface area contributed by atoms with Crippen molar-refractivity contribution in [1.29, 1.82) is 0 Å². The first-order valence-corrected chi connectivity index (χ1v) is 12.0. The Hall–Kier alpha value is -3.48. The zero-order valence-electron chi connectivity index (χ0n) is 21.4. The van der Waals surface area contributed by atoms with Gasteiger partial charge in [0.2, 0.25) is 5.91 Å². The van der Waals surface area contributed by atoms with Crippen LogP contribution < -0.4 is 19.5 Å². The minimum Gasteiger partial charge on any atom is -0.497 e. The molecule has 3 rings (SSSR count). The maximum absolute atomic E-state index is 13.6. The van der Waals surface area contributed by atoms with Crippen molar-refractivity contribution in [1.82, 2.24) is 10.2 Å². The lowest BCUT2D eigenvalue weighted by atomic mass is 9.97. The van der Waals surface area contributed by atoms with Gasteiger partial charge in [-0.05, 0) is 43.5 Å². The highest BCUT2D eigenvalue weighted by molar-refractivity contribution is 5.99. The van der Waals surface area contributed by atoms with Crippen LogP contribution in [0.4, 0.5) is 0 Å². The molecule has 7 nitrogen and oxygen atoms in total. The van der Waals surface area contributed by atoms with Crippen molar-refractivity contribution in [2.75, 3.05) is 21.3 Å². The van der Waals surface area contributed by atoms with E-state index in [1.165, 1.54) is 4.90 Å². The first kappa shape index (κ1) is 26.1. The topological polar surface area (TPSA) is 77.1 Å². The summed E-state index contributed by atoms with van der Waals surface area (Å²) in [6.45, 7) is 5.85. The second kappa shape index (κ2) is 11.8. The Labute approximate surface area is 208 Å². The number of amides is 2. The fourth-order valence-corrected chi connectivity index (χ4v) is 4.40. The predicted molar refractivity (Wildman–Crippen MR) is 136 cm³/mol. The Kier molecular flexibility index (Phi) is 8.79. The fraction of sp³-hybridized carbons (Fsp3) is 0.429. The van der Waals surface area contributed by atoms with Crippen LogP contribution in [0, 0.1) is 5.92 Å². The second-order valence-corrected chi connectivity index (χ2v) is 9.14. The summed E-state index contributed by atoms with van der Waals surface area (Å²) in [5.41, 5.74) is 1.28. The van der Waals surface area contributed by atoms with Crippen LogP contribution in [0.25, 0.3) is 0 Å². The molecule has 2 aromatic rings. The molecule has 0 saturated heterocycles. The van der Waals surface area contributed by atoms with Crippen molar-refractivity contribution < 1.29 is 23.8 Å². The standard InChI is InChI=1S/C28H36N2O5/c1-18(2)26-27(31)29-23(21-16-15-20(33-5)17-25(21)34-6)13-9-7-11-19(3)35-24-14-10-8-12-22(24)28(32)30(26)4/h7-10,12,14-19,23,26H,11,13H2,1-6H3,(H,29,31)/b9-7+/t19-,23-,26-/m0/s1. The number of benzene rings is 2. The minimum absolute atomic E-state index is 0.113. The third-order valence-corrected chi connectivity index (χ3v) is 6.22. The van der Waals surface area contributed by atoms with Crippen LogP contribution in [0.3, 0.4) is 0 Å². The number of likely N-dealkylation sites (N-methyl/N-ethyl adjacent to an activating group) is 1. The summed E-state index contributed by atoms with van der Waals surface area (Å²) < 4.78 is 17.1. The Bertz CT molecular complexity index is 1070. The van der Waals surface area contributed by atoms with Gasteiger partial charge in [0.05, 0.1) is 31.9 Å². The summed E-state index contributed by atoms with van der Waals surface area (Å²) in [4.78, 5) is 28.7. The van der Waals surface area contributed by atoms with Gasteiger partial charge in [0.15, 0.2) is 0 Å². The van der Waals surface area contributed by atoms with Gasteiger partial charge in [-0.3, -0.25) is 9.59 Å². The summed E-state index contributed by atoms with van der Waals surface area (Å²) in [6, 6.07) is 11.7. The van der Waals surface area contributed by atoms with E-state index in [4.69, 9.17) is 14.2 Å².